The van der Waals surface area contributed by atoms with Gasteiger partial charge in [-0.25, -0.2) is 4.98 Å². The van der Waals surface area contributed by atoms with Gasteiger partial charge in [0, 0.05) is 25.1 Å². The maximum Gasteiger partial charge on any atom is 0.131 e. The lowest BCUT2D eigenvalue weighted by atomic mass is 10.1. The molecule has 106 valence electrons. The zero-order valence-electron chi connectivity index (χ0n) is 12.1. The summed E-state index contributed by atoms with van der Waals surface area (Å²) in [7, 11) is 1.71. The number of hydrogen-bond donors (Lipinski definition) is 1. The number of nitrogens with two attached hydrogens (primary N) is 1. The first kappa shape index (κ1) is 13.2. The van der Waals surface area contributed by atoms with Crippen LogP contribution < -0.4 is 5.73 Å². The van der Waals surface area contributed by atoms with Gasteiger partial charge in [0.05, 0.1) is 6.61 Å². The van der Waals surface area contributed by atoms with Crippen molar-refractivity contribution in [2.75, 3.05) is 12.8 Å². The molecule has 0 bridgehead atoms. The van der Waals surface area contributed by atoms with Gasteiger partial charge < -0.3 is 15.0 Å². The molecule has 1 saturated carbocycles. The number of nitrogen functional groups attached to an aromatic ring is 1. The lowest BCUT2D eigenvalue weighted by molar-refractivity contribution is 0.185. The Kier molecular flexibility index (Phi) is 3.49. The van der Waals surface area contributed by atoms with Crippen molar-refractivity contribution in [3.8, 4) is 11.3 Å². The zero-order valence-corrected chi connectivity index (χ0v) is 12.1. The number of hydrogen-bond acceptors (Lipinski definition) is 3. The van der Waals surface area contributed by atoms with Crippen LogP contribution in [0.4, 0.5) is 5.82 Å². The number of rotatable bonds is 5. The quantitative estimate of drug-likeness (QED) is 0.908. The van der Waals surface area contributed by atoms with Gasteiger partial charge in [0.25, 0.3) is 0 Å². The van der Waals surface area contributed by atoms with Gasteiger partial charge in [0.15, 0.2) is 0 Å². The lowest BCUT2D eigenvalue weighted by Gasteiger charge is -2.08. The predicted molar refractivity (Wildman–Crippen MR) is 80.4 cm³/mol. The van der Waals surface area contributed by atoms with Crippen LogP contribution in [0.25, 0.3) is 11.3 Å². The molecular weight excluding hydrogens is 250 g/mol. The van der Waals surface area contributed by atoms with Crippen LogP contribution in [0.1, 0.15) is 37.1 Å². The number of benzene rings is 1. The summed E-state index contributed by atoms with van der Waals surface area (Å²) < 4.78 is 7.43. The zero-order chi connectivity index (χ0) is 14.1. The molecule has 0 spiro atoms. The lowest BCUT2D eigenvalue weighted by Crippen LogP contribution is -2.04. The fourth-order valence-corrected chi connectivity index (χ4v) is 2.70. The molecule has 1 fully saturated rings. The number of imidazole rings is 1. The van der Waals surface area contributed by atoms with Crippen LogP contribution in [0, 0.1) is 0 Å². The molecule has 0 aliphatic heterocycles. The molecule has 1 aromatic carbocycles. The molecular formula is C16H21N3O. The van der Waals surface area contributed by atoms with Gasteiger partial charge >= 0.3 is 0 Å². The van der Waals surface area contributed by atoms with Crippen LogP contribution >= 0.6 is 0 Å². The molecule has 2 N–H and O–H groups in total. The van der Waals surface area contributed by atoms with Crippen molar-refractivity contribution < 1.29 is 4.74 Å². The van der Waals surface area contributed by atoms with Gasteiger partial charge in [-0.2, -0.15) is 0 Å². The highest BCUT2D eigenvalue weighted by molar-refractivity contribution is 5.74. The summed E-state index contributed by atoms with van der Waals surface area (Å²) in [5.41, 5.74) is 9.45. The number of aromatic nitrogens is 2. The van der Waals surface area contributed by atoms with E-state index in [9.17, 15) is 0 Å². The van der Waals surface area contributed by atoms with Crippen LogP contribution in [0.5, 0.6) is 0 Å². The summed E-state index contributed by atoms with van der Waals surface area (Å²) in [6.07, 6.45) is 2.46. The first-order valence-electron chi connectivity index (χ1n) is 7.19. The third-order valence-corrected chi connectivity index (χ3v) is 3.87. The molecule has 3 rings (SSSR count). The van der Waals surface area contributed by atoms with Crippen molar-refractivity contribution in [2.24, 2.45) is 0 Å². The van der Waals surface area contributed by atoms with Crippen LogP contribution in [-0.2, 0) is 17.9 Å². The van der Waals surface area contributed by atoms with E-state index >= 15 is 0 Å². The van der Waals surface area contributed by atoms with E-state index in [4.69, 9.17) is 15.5 Å². The molecule has 1 heterocycles. The SMILES string of the molecule is CCn1c(C2CC2)nc(-c2ccccc2COC)c1N. The van der Waals surface area contributed by atoms with E-state index in [2.05, 4.69) is 23.6 Å². The Labute approximate surface area is 119 Å². The van der Waals surface area contributed by atoms with Gasteiger partial charge in [-0.3, -0.25) is 0 Å². The normalized spacial score (nSPS) is 14.7. The standard InChI is InChI=1S/C16H21N3O/c1-3-19-15(17)14(18-16(19)11-8-9-11)13-7-5-4-6-12(13)10-20-2/h4-7,11H,3,8-10,17H2,1-2H3. The first-order chi connectivity index (χ1) is 9.76. The van der Waals surface area contributed by atoms with E-state index in [-0.39, 0.29) is 0 Å². The Morgan fingerprint density at radius 1 is 1.35 bits per heavy atom. The van der Waals surface area contributed by atoms with E-state index in [0.29, 0.717) is 12.5 Å². The summed E-state index contributed by atoms with van der Waals surface area (Å²) in [5, 5.41) is 0. The Morgan fingerprint density at radius 2 is 2.10 bits per heavy atom. The molecule has 20 heavy (non-hydrogen) atoms. The monoisotopic (exact) mass is 271 g/mol. The van der Waals surface area contributed by atoms with Gasteiger partial charge in [0.1, 0.15) is 17.3 Å². The largest absolute Gasteiger partial charge is 0.383 e. The van der Waals surface area contributed by atoms with Crippen molar-refractivity contribution in [3.63, 3.8) is 0 Å². The molecule has 0 atom stereocenters. The number of nitrogens with zero attached hydrogens (tertiary/aromatic N) is 2. The van der Waals surface area contributed by atoms with Crippen LogP contribution in [0.2, 0.25) is 0 Å². The highest BCUT2D eigenvalue weighted by atomic mass is 16.5. The van der Waals surface area contributed by atoms with Crippen LogP contribution in [0.3, 0.4) is 0 Å². The highest BCUT2D eigenvalue weighted by Gasteiger charge is 2.30. The Balaban J connectivity index is 2.10. The second kappa shape index (κ2) is 5.29. The maximum absolute atomic E-state index is 6.34. The number of ether oxygens (including phenoxy) is 1. The van der Waals surface area contributed by atoms with Crippen LogP contribution in [-0.4, -0.2) is 16.7 Å². The molecule has 1 aliphatic carbocycles. The van der Waals surface area contributed by atoms with Crippen molar-refractivity contribution in [3.05, 3.63) is 35.7 Å². The smallest absolute Gasteiger partial charge is 0.131 e. The molecule has 0 amide bonds. The van der Waals surface area contributed by atoms with E-state index in [1.54, 1.807) is 7.11 Å². The maximum atomic E-state index is 6.34. The van der Waals surface area contributed by atoms with Gasteiger partial charge in [-0.1, -0.05) is 24.3 Å². The first-order valence-corrected chi connectivity index (χ1v) is 7.19. The topological polar surface area (TPSA) is 53.1 Å². The summed E-state index contributed by atoms with van der Waals surface area (Å²) in [5.74, 6) is 2.52. The van der Waals surface area contributed by atoms with Crippen molar-refractivity contribution >= 4 is 5.82 Å². The molecule has 1 aromatic heterocycles. The summed E-state index contributed by atoms with van der Waals surface area (Å²) >= 11 is 0. The van der Waals surface area contributed by atoms with Crippen molar-refractivity contribution in [2.45, 2.75) is 38.8 Å². The van der Waals surface area contributed by atoms with Crippen molar-refractivity contribution in [1.82, 2.24) is 9.55 Å². The molecule has 4 heteroatoms. The van der Waals surface area contributed by atoms with Gasteiger partial charge in [0.2, 0.25) is 0 Å². The van der Waals surface area contributed by atoms with Gasteiger partial charge in [-0.05, 0) is 25.3 Å². The highest BCUT2D eigenvalue weighted by Crippen LogP contribution is 2.42. The van der Waals surface area contributed by atoms with E-state index in [0.717, 1.165) is 35.0 Å². The summed E-state index contributed by atoms with van der Waals surface area (Å²) in [6.45, 7) is 3.57. The number of anilines is 1. The second-order valence-corrected chi connectivity index (χ2v) is 5.31. The Bertz CT molecular complexity index is 614. The summed E-state index contributed by atoms with van der Waals surface area (Å²) in [6, 6.07) is 8.19. The third-order valence-electron chi connectivity index (χ3n) is 3.87. The van der Waals surface area contributed by atoms with E-state index in [1.807, 2.05) is 12.1 Å². The minimum atomic E-state index is 0.577. The Hall–Kier alpha value is -1.81. The summed E-state index contributed by atoms with van der Waals surface area (Å²) in [4.78, 5) is 4.84. The fraction of sp³-hybridized carbons (Fsp3) is 0.438. The molecule has 2 aromatic rings. The predicted octanol–water partition coefficient (Wildman–Crippen LogP) is 3.18. The Morgan fingerprint density at radius 3 is 2.75 bits per heavy atom. The minimum absolute atomic E-state index is 0.577. The molecule has 0 unspecified atom stereocenters. The molecule has 0 saturated heterocycles. The average molecular weight is 271 g/mol. The van der Waals surface area contributed by atoms with Crippen molar-refractivity contribution in [1.29, 1.82) is 0 Å². The third kappa shape index (κ3) is 2.20. The number of methoxy groups -OCH3 is 1. The van der Waals surface area contributed by atoms with Gasteiger partial charge in [-0.15, -0.1) is 0 Å². The molecule has 0 radical (unpaired) electrons. The average Bonchev–Trinajstić information content (AvgIpc) is 3.24. The van der Waals surface area contributed by atoms with Crippen LogP contribution in [0.15, 0.2) is 24.3 Å². The fourth-order valence-electron chi connectivity index (χ4n) is 2.70. The molecule has 1 aliphatic rings. The molecule has 4 nitrogen and oxygen atoms in total. The van der Waals surface area contributed by atoms with E-state index in [1.165, 1.54) is 12.8 Å². The second-order valence-electron chi connectivity index (χ2n) is 5.31. The minimum Gasteiger partial charge on any atom is -0.383 e. The van der Waals surface area contributed by atoms with E-state index < -0.39 is 0 Å².